The first-order valence-electron chi connectivity index (χ1n) is 5.78. The first kappa shape index (κ1) is 17.3. The van der Waals surface area contributed by atoms with Crippen molar-refractivity contribution in [1.82, 2.24) is 0 Å². The van der Waals surface area contributed by atoms with Gasteiger partial charge in [-0.15, -0.1) is 0 Å². The highest BCUT2D eigenvalue weighted by molar-refractivity contribution is 4.44. The molecule has 0 aliphatic carbocycles. The third-order valence-corrected chi connectivity index (χ3v) is 2.05. The fourth-order valence-corrected chi connectivity index (χ4v) is 0.960. The van der Waals surface area contributed by atoms with Crippen molar-refractivity contribution in [3.8, 4) is 0 Å². The van der Waals surface area contributed by atoms with E-state index in [0.717, 1.165) is 51.1 Å². The Hall–Kier alpha value is -0.0800. The summed E-state index contributed by atoms with van der Waals surface area (Å²) >= 11 is 0. The van der Waals surface area contributed by atoms with Crippen molar-refractivity contribution in [3.63, 3.8) is 0 Å². The van der Waals surface area contributed by atoms with Gasteiger partial charge in [0.2, 0.25) is 0 Å². The zero-order valence-electron chi connectivity index (χ0n) is 10.2. The normalized spacial score (nSPS) is 10.8. The molecule has 94 valence electrons. The van der Waals surface area contributed by atoms with Crippen LogP contribution < -0.4 is 0 Å². The average Bonchev–Trinajstić information content (AvgIpc) is 2.08. The van der Waals surface area contributed by atoms with E-state index in [-0.39, 0.29) is 7.43 Å². The molecule has 0 aromatic carbocycles. The van der Waals surface area contributed by atoms with Gasteiger partial charge in [-0.3, -0.25) is 0 Å². The second kappa shape index (κ2) is 12.0. The Labute approximate surface area is 96.4 Å². The highest BCUT2D eigenvalue weighted by atomic mass is 16.5. The van der Waals surface area contributed by atoms with Crippen LogP contribution >= 0.6 is 0 Å². The van der Waals surface area contributed by atoms with Crippen LogP contribution in [0.2, 0.25) is 0 Å². The van der Waals surface area contributed by atoms with E-state index in [4.69, 9.17) is 9.47 Å². The molecule has 0 radical (unpaired) electrons. The third kappa shape index (κ3) is 16.6. The Kier molecular flexibility index (Phi) is 13.8. The zero-order chi connectivity index (χ0) is 10.8. The fourth-order valence-electron chi connectivity index (χ4n) is 0.960. The lowest BCUT2D eigenvalue weighted by atomic mass is 10.1. The summed E-state index contributed by atoms with van der Waals surface area (Å²) in [6.45, 7) is 12.1. The molecule has 0 saturated heterocycles. The van der Waals surface area contributed by atoms with Gasteiger partial charge in [0.25, 0.3) is 0 Å². The van der Waals surface area contributed by atoms with Gasteiger partial charge in [0.1, 0.15) is 0 Å². The van der Waals surface area contributed by atoms with Gasteiger partial charge in [0, 0.05) is 13.2 Å². The van der Waals surface area contributed by atoms with E-state index >= 15 is 0 Å². The summed E-state index contributed by atoms with van der Waals surface area (Å²) in [5.41, 5.74) is 0. The molecule has 15 heavy (non-hydrogen) atoms. The van der Waals surface area contributed by atoms with Gasteiger partial charge >= 0.3 is 0 Å². The molecular formula is C13H30O2. The first-order chi connectivity index (χ1) is 6.63. The summed E-state index contributed by atoms with van der Waals surface area (Å²) in [6, 6.07) is 0. The molecule has 0 bridgehead atoms. The second-order valence-corrected chi connectivity index (χ2v) is 4.59. The minimum atomic E-state index is 0. The van der Waals surface area contributed by atoms with Crippen LogP contribution in [0.5, 0.6) is 0 Å². The van der Waals surface area contributed by atoms with E-state index in [0.29, 0.717) is 0 Å². The molecule has 2 nitrogen and oxygen atoms in total. The van der Waals surface area contributed by atoms with Crippen LogP contribution in [0.25, 0.3) is 0 Å². The van der Waals surface area contributed by atoms with Gasteiger partial charge in [-0.05, 0) is 24.7 Å². The maximum absolute atomic E-state index is 5.43. The van der Waals surface area contributed by atoms with Crippen LogP contribution in [-0.4, -0.2) is 26.4 Å². The van der Waals surface area contributed by atoms with E-state index in [1.807, 2.05) is 0 Å². The van der Waals surface area contributed by atoms with Gasteiger partial charge in [-0.2, -0.15) is 0 Å². The highest BCUT2D eigenvalue weighted by Gasteiger charge is 1.95. The molecule has 0 aliphatic heterocycles. The van der Waals surface area contributed by atoms with Crippen LogP contribution in [0, 0.1) is 11.8 Å². The standard InChI is InChI=1S/C12H26O2.CH4/c1-11(2)5-7-13-9-10-14-8-6-12(3)4;/h11-12H,5-10H2,1-4H3;1H4. The smallest absolute Gasteiger partial charge is 0.0700 e. The molecule has 2 heteroatoms. The number of hydrogen-bond acceptors (Lipinski definition) is 2. The largest absolute Gasteiger partial charge is 0.379 e. The molecule has 0 rings (SSSR count). The van der Waals surface area contributed by atoms with Crippen molar-refractivity contribution < 1.29 is 9.47 Å². The fraction of sp³-hybridized carbons (Fsp3) is 1.00. The predicted octanol–water partition coefficient (Wildman–Crippen LogP) is 3.75. The molecule has 0 unspecified atom stereocenters. The Morgan fingerprint density at radius 3 is 1.27 bits per heavy atom. The molecule has 0 spiro atoms. The first-order valence-corrected chi connectivity index (χ1v) is 5.78. The van der Waals surface area contributed by atoms with Crippen molar-refractivity contribution in [3.05, 3.63) is 0 Å². The minimum absolute atomic E-state index is 0. The van der Waals surface area contributed by atoms with Crippen molar-refractivity contribution in [1.29, 1.82) is 0 Å². The average molecular weight is 218 g/mol. The van der Waals surface area contributed by atoms with E-state index in [9.17, 15) is 0 Å². The van der Waals surface area contributed by atoms with Crippen LogP contribution in [0.3, 0.4) is 0 Å². The molecule has 0 heterocycles. The lowest BCUT2D eigenvalue weighted by Crippen LogP contribution is -2.08. The SMILES string of the molecule is C.CC(C)CCOCCOCCC(C)C. The summed E-state index contributed by atoms with van der Waals surface area (Å²) in [5.74, 6) is 1.47. The summed E-state index contributed by atoms with van der Waals surface area (Å²) in [7, 11) is 0. The van der Waals surface area contributed by atoms with E-state index in [1.165, 1.54) is 0 Å². The maximum Gasteiger partial charge on any atom is 0.0700 e. The molecule has 0 aliphatic rings. The van der Waals surface area contributed by atoms with Gasteiger partial charge in [-0.25, -0.2) is 0 Å². The van der Waals surface area contributed by atoms with Gasteiger partial charge in [0.15, 0.2) is 0 Å². The number of hydrogen-bond donors (Lipinski definition) is 0. The van der Waals surface area contributed by atoms with Gasteiger partial charge < -0.3 is 9.47 Å². The summed E-state index contributed by atoms with van der Waals surface area (Å²) in [4.78, 5) is 0. The third-order valence-electron chi connectivity index (χ3n) is 2.05. The summed E-state index contributed by atoms with van der Waals surface area (Å²) < 4.78 is 10.9. The van der Waals surface area contributed by atoms with E-state index in [1.54, 1.807) is 0 Å². The molecule has 0 amide bonds. The zero-order valence-corrected chi connectivity index (χ0v) is 10.2. The molecule has 0 aromatic heterocycles. The Balaban J connectivity index is 0. The predicted molar refractivity (Wildman–Crippen MR) is 67.3 cm³/mol. The quantitative estimate of drug-likeness (QED) is 0.549. The second-order valence-electron chi connectivity index (χ2n) is 4.59. The van der Waals surface area contributed by atoms with E-state index in [2.05, 4.69) is 27.7 Å². The number of ether oxygens (including phenoxy) is 2. The molecular weight excluding hydrogens is 188 g/mol. The van der Waals surface area contributed by atoms with Crippen molar-refractivity contribution >= 4 is 0 Å². The summed E-state index contributed by atoms with van der Waals surface area (Å²) in [6.07, 6.45) is 2.29. The molecule has 0 saturated carbocycles. The summed E-state index contributed by atoms with van der Waals surface area (Å²) in [5, 5.41) is 0. The monoisotopic (exact) mass is 218 g/mol. The van der Waals surface area contributed by atoms with Gasteiger partial charge in [-0.1, -0.05) is 35.1 Å². The molecule has 0 N–H and O–H groups in total. The minimum Gasteiger partial charge on any atom is -0.379 e. The maximum atomic E-state index is 5.43. The molecule has 0 atom stereocenters. The van der Waals surface area contributed by atoms with Crippen LogP contribution in [0.4, 0.5) is 0 Å². The van der Waals surface area contributed by atoms with Gasteiger partial charge in [0.05, 0.1) is 13.2 Å². The Bertz CT molecular complexity index is 97.1. The van der Waals surface area contributed by atoms with Crippen molar-refractivity contribution in [2.75, 3.05) is 26.4 Å². The lowest BCUT2D eigenvalue weighted by Gasteiger charge is -2.08. The Morgan fingerprint density at radius 2 is 1.00 bits per heavy atom. The van der Waals surface area contributed by atoms with Crippen LogP contribution in [-0.2, 0) is 9.47 Å². The number of rotatable bonds is 9. The highest BCUT2D eigenvalue weighted by Crippen LogP contribution is 2.00. The Morgan fingerprint density at radius 1 is 0.667 bits per heavy atom. The molecule has 0 aromatic rings. The lowest BCUT2D eigenvalue weighted by molar-refractivity contribution is 0.0405. The van der Waals surface area contributed by atoms with Crippen molar-refractivity contribution in [2.45, 2.75) is 48.0 Å². The molecule has 0 fully saturated rings. The van der Waals surface area contributed by atoms with Crippen molar-refractivity contribution in [2.24, 2.45) is 11.8 Å². The topological polar surface area (TPSA) is 18.5 Å². The van der Waals surface area contributed by atoms with E-state index < -0.39 is 0 Å². The van der Waals surface area contributed by atoms with Crippen LogP contribution in [0.1, 0.15) is 48.0 Å². The van der Waals surface area contributed by atoms with Crippen LogP contribution in [0.15, 0.2) is 0 Å².